The number of hydrogen-bond acceptors (Lipinski definition) is 4. The van der Waals surface area contributed by atoms with Gasteiger partial charge in [0.15, 0.2) is 11.5 Å². The number of likely N-dealkylation sites (tertiary alicyclic amines) is 1. The zero-order chi connectivity index (χ0) is 16.9. The number of nitrogens with one attached hydrogen (secondary N) is 1. The molecule has 2 heterocycles. The SMILES string of the molecule is O=C(O)C1CCCN(C(=O)NCCc2ccc3c(c2)OCCO3)C1. The van der Waals surface area contributed by atoms with Crippen LogP contribution in [0.4, 0.5) is 4.79 Å². The zero-order valence-electron chi connectivity index (χ0n) is 13.5. The van der Waals surface area contributed by atoms with E-state index in [-0.39, 0.29) is 12.6 Å². The molecule has 2 amide bonds. The van der Waals surface area contributed by atoms with E-state index in [2.05, 4.69) is 5.32 Å². The number of carboxylic acids is 1. The second-order valence-corrected chi connectivity index (χ2v) is 6.08. The van der Waals surface area contributed by atoms with Crippen molar-refractivity contribution in [2.75, 3.05) is 32.8 Å². The van der Waals surface area contributed by atoms with Crippen LogP contribution in [0.3, 0.4) is 0 Å². The topological polar surface area (TPSA) is 88.1 Å². The summed E-state index contributed by atoms with van der Waals surface area (Å²) < 4.78 is 11.0. The molecule has 7 nitrogen and oxygen atoms in total. The van der Waals surface area contributed by atoms with E-state index in [4.69, 9.17) is 14.6 Å². The van der Waals surface area contributed by atoms with Gasteiger partial charge in [0.1, 0.15) is 13.2 Å². The van der Waals surface area contributed by atoms with Crippen molar-refractivity contribution < 1.29 is 24.2 Å². The first-order valence-corrected chi connectivity index (χ1v) is 8.27. The van der Waals surface area contributed by atoms with Crippen LogP contribution < -0.4 is 14.8 Å². The maximum absolute atomic E-state index is 12.2. The van der Waals surface area contributed by atoms with Crippen LogP contribution in [0.25, 0.3) is 0 Å². The summed E-state index contributed by atoms with van der Waals surface area (Å²) in [6.45, 7) is 2.50. The number of rotatable bonds is 4. The average molecular weight is 334 g/mol. The number of piperidine rings is 1. The number of urea groups is 1. The van der Waals surface area contributed by atoms with Gasteiger partial charge in [-0.3, -0.25) is 4.79 Å². The zero-order valence-corrected chi connectivity index (χ0v) is 13.5. The first kappa shape index (κ1) is 16.4. The monoisotopic (exact) mass is 334 g/mol. The molecule has 0 aromatic heterocycles. The molecule has 1 aromatic carbocycles. The molecule has 24 heavy (non-hydrogen) atoms. The summed E-state index contributed by atoms with van der Waals surface area (Å²) in [7, 11) is 0. The third kappa shape index (κ3) is 3.90. The number of amides is 2. The van der Waals surface area contributed by atoms with Gasteiger partial charge in [0.2, 0.25) is 0 Å². The number of hydrogen-bond donors (Lipinski definition) is 2. The molecule has 2 aliphatic heterocycles. The predicted octanol–water partition coefficient (Wildman–Crippen LogP) is 1.51. The summed E-state index contributed by atoms with van der Waals surface area (Å²) in [5.41, 5.74) is 1.06. The molecule has 0 spiro atoms. The molecule has 1 saturated heterocycles. The molecule has 0 aliphatic carbocycles. The highest BCUT2D eigenvalue weighted by atomic mass is 16.6. The molecule has 1 unspecified atom stereocenters. The number of nitrogens with zero attached hydrogens (tertiary/aromatic N) is 1. The van der Waals surface area contributed by atoms with Crippen molar-refractivity contribution in [1.82, 2.24) is 10.2 Å². The molecular weight excluding hydrogens is 312 g/mol. The summed E-state index contributed by atoms with van der Waals surface area (Å²) in [5.74, 6) is 0.207. The van der Waals surface area contributed by atoms with Gasteiger partial charge in [-0.1, -0.05) is 6.07 Å². The largest absolute Gasteiger partial charge is 0.486 e. The van der Waals surface area contributed by atoms with E-state index in [0.29, 0.717) is 39.1 Å². The van der Waals surface area contributed by atoms with Gasteiger partial charge in [0.05, 0.1) is 5.92 Å². The van der Waals surface area contributed by atoms with E-state index in [9.17, 15) is 9.59 Å². The normalized spacial score (nSPS) is 19.7. The van der Waals surface area contributed by atoms with Gasteiger partial charge in [0, 0.05) is 19.6 Å². The van der Waals surface area contributed by atoms with E-state index in [0.717, 1.165) is 23.5 Å². The van der Waals surface area contributed by atoms with Crippen LogP contribution in [0.15, 0.2) is 18.2 Å². The third-order valence-electron chi connectivity index (χ3n) is 4.35. The van der Waals surface area contributed by atoms with Gasteiger partial charge in [-0.05, 0) is 37.0 Å². The van der Waals surface area contributed by atoms with Crippen molar-refractivity contribution in [3.63, 3.8) is 0 Å². The highest BCUT2D eigenvalue weighted by Gasteiger charge is 2.27. The Morgan fingerprint density at radius 2 is 2.04 bits per heavy atom. The van der Waals surface area contributed by atoms with E-state index in [1.54, 1.807) is 4.90 Å². The first-order valence-electron chi connectivity index (χ1n) is 8.27. The number of benzene rings is 1. The van der Waals surface area contributed by atoms with Crippen LogP contribution >= 0.6 is 0 Å². The smallest absolute Gasteiger partial charge is 0.317 e. The lowest BCUT2D eigenvalue weighted by atomic mass is 9.99. The molecule has 3 rings (SSSR count). The van der Waals surface area contributed by atoms with Gasteiger partial charge >= 0.3 is 12.0 Å². The van der Waals surface area contributed by atoms with Crippen molar-refractivity contribution in [3.05, 3.63) is 23.8 Å². The van der Waals surface area contributed by atoms with Gasteiger partial charge in [0.25, 0.3) is 0 Å². The number of ether oxygens (including phenoxy) is 2. The first-order chi connectivity index (χ1) is 11.6. The van der Waals surface area contributed by atoms with Gasteiger partial charge in [-0.2, -0.15) is 0 Å². The minimum atomic E-state index is -0.830. The molecule has 7 heteroatoms. The van der Waals surface area contributed by atoms with E-state index in [1.807, 2.05) is 18.2 Å². The Balaban J connectivity index is 1.47. The predicted molar refractivity (Wildman–Crippen MR) is 86.5 cm³/mol. The van der Waals surface area contributed by atoms with Crippen LogP contribution in [0.1, 0.15) is 18.4 Å². The van der Waals surface area contributed by atoms with E-state index < -0.39 is 11.9 Å². The summed E-state index contributed by atoms with van der Waals surface area (Å²) >= 11 is 0. The van der Waals surface area contributed by atoms with Gasteiger partial charge in [-0.25, -0.2) is 4.79 Å². The van der Waals surface area contributed by atoms with Crippen LogP contribution in [-0.4, -0.2) is 54.9 Å². The second kappa shape index (κ2) is 7.42. The molecule has 130 valence electrons. The minimum absolute atomic E-state index is 0.196. The molecule has 1 aromatic rings. The Kier molecular flexibility index (Phi) is 5.08. The summed E-state index contributed by atoms with van der Waals surface area (Å²) in [6.07, 6.45) is 2.04. The lowest BCUT2D eigenvalue weighted by Crippen LogP contribution is -2.47. The fourth-order valence-electron chi connectivity index (χ4n) is 3.03. The van der Waals surface area contributed by atoms with Crippen LogP contribution in [-0.2, 0) is 11.2 Å². The Bertz CT molecular complexity index is 619. The van der Waals surface area contributed by atoms with Crippen molar-refractivity contribution in [3.8, 4) is 11.5 Å². The molecule has 2 N–H and O–H groups in total. The summed E-state index contributed by atoms with van der Waals surface area (Å²) in [5, 5.41) is 11.9. The molecule has 2 aliphatic rings. The van der Waals surface area contributed by atoms with Crippen molar-refractivity contribution in [2.45, 2.75) is 19.3 Å². The van der Waals surface area contributed by atoms with Crippen LogP contribution in [0.5, 0.6) is 11.5 Å². The Morgan fingerprint density at radius 1 is 1.25 bits per heavy atom. The number of fused-ring (bicyclic) bond motifs is 1. The maximum Gasteiger partial charge on any atom is 0.317 e. The molecule has 0 saturated carbocycles. The Labute approximate surface area is 140 Å². The quantitative estimate of drug-likeness (QED) is 0.871. The Hall–Kier alpha value is -2.44. The van der Waals surface area contributed by atoms with Gasteiger partial charge in [-0.15, -0.1) is 0 Å². The summed E-state index contributed by atoms with van der Waals surface area (Å²) in [4.78, 5) is 24.8. The molecular formula is C17H22N2O5. The molecule has 1 fully saturated rings. The third-order valence-corrected chi connectivity index (χ3v) is 4.35. The standard InChI is InChI=1S/C17H22N2O5/c20-16(21)13-2-1-7-19(11-13)17(22)18-6-5-12-3-4-14-15(10-12)24-9-8-23-14/h3-4,10,13H,1-2,5-9,11H2,(H,18,22)(H,20,21). The summed E-state index contributed by atoms with van der Waals surface area (Å²) in [6, 6.07) is 5.58. The van der Waals surface area contributed by atoms with E-state index >= 15 is 0 Å². The maximum atomic E-state index is 12.2. The van der Waals surface area contributed by atoms with Crippen LogP contribution in [0.2, 0.25) is 0 Å². The fourth-order valence-corrected chi connectivity index (χ4v) is 3.03. The number of aliphatic carboxylic acids is 1. The minimum Gasteiger partial charge on any atom is -0.486 e. The molecule has 1 atom stereocenters. The fraction of sp³-hybridized carbons (Fsp3) is 0.529. The van der Waals surface area contributed by atoms with Crippen molar-refractivity contribution in [2.24, 2.45) is 5.92 Å². The second-order valence-electron chi connectivity index (χ2n) is 6.08. The lowest BCUT2D eigenvalue weighted by molar-refractivity contribution is -0.143. The van der Waals surface area contributed by atoms with Crippen molar-refractivity contribution >= 4 is 12.0 Å². The number of carbonyl (C=O) groups excluding carboxylic acids is 1. The van der Waals surface area contributed by atoms with Gasteiger partial charge < -0.3 is 24.8 Å². The van der Waals surface area contributed by atoms with Crippen molar-refractivity contribution in [1.29, 1.82) is 0 Å². The van der Waals surface area contributed by atoms with E-state index in [1.165, 1.54) is 0 Å². The lowest BCUT2D eigenvalue weighted by Gasteiger charge is -2.30. The number of carbonyl (C=O) groups is 2. The molecule has 0 bridgehead atoms. The average Bonchev–Trinajstić information content (AvgIpc) is 2.61. The Morgan fingerprint density at radius 3 is 2.83 bits per heavy atom. The number of carboxylic acid groups (broad SMARTS) is 1. The van der Waals surface area contributed by atoms with Crippen LogP contribution in [0, 0.1) is 5.92 Å². The highest BCUT2D eigenvalue weighted by molar-refractivity contribution is 5.76. The highest BCUT2D eigenvalue weighted by Crippen LogP contribution is 2.30. The molecule has 0 radical (unpaired) electrons.